The van der Waals surface area contributed by atoms with E-state index in [0.29, 0.717) is 0 Å². The molecule has 0 aromatic rings. The molecule has 1 heterocycles. The molecule has 1 fully saturated rings. The molecule has 1 rings (SSSR count). The zero-order valence-electron chi connectivity index (χ0n) is 8.11. The molecule has 7 heteroatoms. The number of ether oxygens (including phenoxy) is 2. The largest absolute Gasteiger partial charge is 0.457 e. The predicted molar refractivity (Wildman–Crippen MR) is 45.5 cm³/mol. The van der Waals surface area contributed by atoms with Gasteiger partial charge in [0.05, 0.1) is 6.61 Å². The van der Waals surface area contributed by atoms with E-state index in [9.17, 15) is 15.0 Å². The van der Waals surface area contributed by atoms with Crippen molar-refractivity contribution in [3.05, 3.63) is 0 Å². The molecule has 88 valence electrons. The molecule has 0 bridgehead atoms. The Morgan fingerprint density at radius 3 is 2.40 bits per heavy atom. The first kappa shape index (κ1) is 12.3. The smallest absolute Gasteiger partial charge is 0.303 e. The maximum Gasteiger partial charge on any atom is 0.303 e. The lowest BCUT2D eigenvalue weighted by Gasteiger charge is -2.39. The number of aliphatic hydroxyl groups is 4. The lowest BCUT2D eigenvalue weighted by molar-refractivity contribution is -0.289. The molecule has 0 spiro atoms. The summed E-state index contributed by atoms with van der Waals surface area (Å²) in [7, 11) is 0. The van der Waals surface area contributed by atoms with Crippen LogP contribution in [0.1, 0.15) is 6.92 Å². The third kappa shape index (κ3) is 2.64. The molecule has 0 aromatic carbocycles. The van der Waals surface area contributed by atoms with Gasteiger partial charge in [0.2, 0.25) is 0 Å². The number of rotatable bonds is 2. The molecule has 5 atom stereocenters. The zero-order valence-corrected chi connectivity index (χ0v) is 8.11. The van der Waals surface area contributed by atoms with E-state index < -0.39 is 43.3 Å². The van der Waals surface area contributed by atoms with Crippen molar-refractivity contribution in [1.29, 1.82) is 0 Å². The summed E-state index contributed by atoms with van der Waals surface area (Å²) in [5.74, 6) is -0.676. The van der Waals surface area contributed by atoms with E-state index in [1.807, 2.05) is 0 Å². The molecular formula is C8H14O7. The second kappa shape index (κ2) is 4.86. The van der Waals surface area contributed by atoms with E-state index in [4.69, 9.17) is 14.9 Å². The molecule has 0 radical (unpaired) electrons. The lowest BCUT2D eigenvalue weighted by atomic mass is 9.99. The van der Waals surface area contributed by atoms with Gasteiger partial charge in [-0.2, -0.15) is 0 Å². The fourth-order valence-electron chi connectivity index (χ4n) is 1.40. The van der Waals surface area contributed by atoms with Crippen LogP contribution in [0.5, 0.6) is 0 Å². The van der Waals surface area contributed by atoms with Gasteiger partial charge in [-0.1, -0.05) is 0 Å². The van der Waals surface area contributed by atoms with Crippen molar-refractivity contribution in [3.8, 4) is 0 Å². The number of carbonyl (C=O) groups is 1. The van der Waals surface area contributed by atoms with Gasteiger partial charge in [-0.15, -0.1) is 0 Å². The second-order valence-corrected chi connectivity index (χ2v) is 3.30. The van der Waals surface area contributed by atoms with Crippen LogP contribution in [0.2, 0.25) is 0 Å². The van der Waals surface area contributed by atoms with Crippen molar-refractivity contribution in [3.63, 3.8) is 0 Å². The average molecular weight is 222 g/mol. The summed E-state index contributed by atoms with van der Waals surface area (Å²) in [4.78, 5) is 10.7. The first-order valence-electron chi connectivity index (χ1n) is 4.45. The van der Waals surface area contributed by atoms with Crippen molar-refractivity contribution in [2.45, 2.75) is 37.6 Å². The van der Waals surface area contributed by atoms with Gasteiger partial charge >= 0.3 is 5.97 Å². The Kier molecular flexibility index (Phi) is 4.00. The molecule has 1 aliphatic rings. The Bertz CT molecular complexity index is 229. The Balaban J connectivity index is 2.75. The SMILES string of the molecule is CC(=O)O[C@@H]1[C@@H](O)[C@@H](O)[C@@H](O)O[C@H]1CO. The summed E-state index contributed by atoms with van der Waals surface area (Å²) in [6.45, 7) is 0.581. The molecular weight excluding hydrogens is 208 g/mol. The Morgan fingerprint density at radius 1 is 1.33 bits per heavy atom. The highest BCUT2D eigenvalue weighted by atomic mass is 16.7. The van der Waals surface area contributed by atoms with Crippen LogP contribution in [0.15, 0.2) is 0 Å². The summed E-state index contributed by atoms with van der Waals surface area (Å²) in [6, 6.07) is 0. The average Bonchev–Trinajstić information content (AvgIpc) is 2.18. The molecule has 0 aliphatic carbocycles. The molecule has 1 saturated heterocycles. The van der Waals surface area contributed by atoms with Crippen LogP contribution in [0, 0.1) is 0 Å². The second-order valence-electron chi connectivity index (χ2n) is 3.30. The molecule has 0 saturated carbocycles. The van der Waals surface area contributed by atoms with Gasteiger partial charge in [-0.3, -0.25) is 4.79 Å². The highest BCUT2D eigenvalue weighted by molar-refractivity contribution is 5.66. The van der Waals surface area contributed by atoms with E-state index >= 15 is 0 Å². The zero-order chi connectivity index (χ0) is 11.6. The quantitative estimate of drug-likeness (QED) is 0.377. The summed E-state index contributed by atoms with van der Waals surface area (Å²) in [6.07, 6.45) is -6.91. The monoisotopic (exact) mass is 222 g/mol. The van der Waals surface area contributed by atoms with Crippen LogP contribution in [0.3, 0.4) is 0 Å². The van der Waals surface area contributed by atoms with E-state index in [0.717, 1.165) is 6.92 Å². The maximum absolute atomic E-state index is 10.7. The molecule has 0 aromatic heterocycles. The van der Waals surface area contributed by atoms with Gasteiger partial charge in [0.1, 0.15) is 18.3 Å². The third-order valence-electron chi connectivity index (χ3n) is 2.14. The molecule has 0 unspecified atom stereocenters. The highest BCUT2D eigenvalue weighted by Gasteiger charge is 2.45. The van der Waals surface area contributed by atoms with Crippen LogP contribution in [-0.4, -0.2) is 63.7 Å². The highest BCUT2D eigenvalue weighted by Crippen LogP contribution is 2.22. The Morgan fingerprint density at radius 2 is 1.93 bits per heavy atom. The molecule has 1 aliphatic heterocycles. The van der Waals surface area contributed by atoms with Crippen molar-refractivity contribution >= 4 is 5.97 Å². The number of esters is 1. The Hall–Kier alpha value is -0.730. The maximum atomic E-state index is 10.7. The van der Waals surface area contributed by atoms with E-state index in [1.165, 1.54) is 0 Å². The predicted octanol–water partition coefficient (Wildman–Crippen LogP) is -2.65. The third-order valence-corrected chi connectivity index (χ3v) is 2.14. The van der Waals surface area contributed by atoms with E-state index in [1.54, 1.807) is 0 Å². The topological polar surface area (TPSA) is 116 Å². The van der Waals surface area contributed by atoms with Crippen LogP contribution >= 0.6 is 0 Å². The molecule has 0 amide bonds. The normalized spacial score (nSPS) is 41.3. The minimum Gasteiger partial charge on any atom is -0.457 e. The van der Waals surface area contributed by atoms with E-state index in [-0.39, 0.29) is 0 Å². The molecule has 15 heavy (non-hydrogen) atoms. The first-order chi connectivity index (χ1) is 6.97. The van der Waals surface area contributed by atoms with Crippen molar-refractivity contribution in [1.82, 2.24) is 0 Å². The van der Waals surface area contributed by atoms with Gasteiger partial charge in [0.15, 0.2) is 12.4 Å². The standard InChI is InChI=1S/C8H14O7/c1-3(10)14-7-4(2-9)15-8(13)6(12)5(7)11/h4-9,11-13H,2H2,1H3/t4-,5-,6+,7-,8-/m0/s1. The summed E-state index contributed by atoms with van der Waals surface area (Å²) >= 11 is 0. The lowest BCUT2D eigenvalue weighted by Crippen LogP contribution is -2.59. The summed E-state index contributed by atoms with van der Waals surface area (Å²) < 4.78 is 9.43. The minimum absolute atomic E-state index is 0.543. The number of hydrogen-bond donors (Lipinski definition) is 4. The molecule has 7 nitrogen and oxygen atoms in total. The number of carbonyl (C=O) groups excluding carboxylic acids is 1. The van der Waals surface area contributed by atoms with Gasteiger partial charge in [0, 0.05) is 6.92 Å². The fraction of sp³-hybridized carbons (Fsp3) is 0.875. The number of hydrogen-bond acceptors (Lipinski definition) is 7. The molecule has 4 N–H and O–H groups in total. The van der Waals surface area contributed by atoms with Crippen molar-refractivity contribution < 1.29 is 34.7 Å². The first-order valence-corrected chi connectivity index (χ1v) is 4.45. The Labute approximate surface area is 85.9 Å². The van der Waals surface area contributed by atoms with Crippen LogP contribution in [0.4, 0.5) is 0 Å². The van der Waals surface area contributed by atoms with Gasteiger partial charge in [-0.25, -0.2) is 0 Å². The van der Waals surface area contributed by atoms with Gasteiger partial charge in [0.25, 0.3) is 0 Å². The fourth-order valence-corrected chi connectivity index (χ4v) is 1.40. The summed E-state index contributed by atoms with van der Waals surface area (Å²) in [5.41, 5.74) is 0. The van der Waals surface area contributed by atoms with Crippen LogP contribution in [0.25, 0.3) is 0 Å². The van der Waals surface area contributed by atoms with Crippen LogP contribution in [-0.2, 0) is 14.3 Å². The summed E-state index contributed by atoms with van der Waals surface area (Å²) in [5, 5.41) is 36.7. The minimum atomic E-state index is -1.61. The van der Waals surface area contributed by atoms with E-state index in [2.05, 4.69) is 4.74 Å². The van der Waals surface area contributed by atoms with Crippen molar-refractivity contribution in [2.75, 3.05) is 6.61 Å². The number of aliphatic hydroxyl groups excluding tert-OH is 4. The van der Waals surface area contributed by atoms with Crippen molar-refractivity contribution in [2.24, 2.45) is 0 Å². The van der Waals surface area contributed by atoms with Gasteiger partial charge < -0.3 is 29.9 Å². The van der Waals surface area contributed by atoms with Crippen LogP contribution < -0.4 is 0 Å². The van der Waals surface area contributed by atoms with Gasteiger partial charge in [-0.05, 0) is 0 Å².